The molecule has 2 aromatic rings. The first kappa shape index (κ1) is 25.7. The van der Waals surface area contributed by atoms with E-state index in [0.29, 0.717) is 22.0 Å². The maximum Gasteiger partial charge on any atom is 0.269 e. The number of rotatable bonds is 9. The van der Waals surface area contributed by atoms with Gasteiger partial charge in [-0.15, -0.1) is 0 Å². The van der Waals surface area contributed by atoms with Gasteiger partial charge in [-0.1, -0.05) is 44.0 Å². The molecule has 0 saturated heterocycles. The Bertz CT molecular complexity index is 1260. The molecule has 1 heterocycles. The van der Waals surface area contributed by atoms with Crippen LogP contribution >= 0.6 is 0 Å². The minimum Gasteiger partial charge on any atom is -0.497 e. The monoisotopic (exact) mass is 513 g/mol. The molecule has 1 fully saturated rings. The highest BCUT2D eigenvalue weighted by Gasteiger charge is 2.43. The van der Waals surface area contributed by atoms with Crippen molar-refractivity contribution in [3.05, 3.63) is 59.7 Å². The van der Waals surface area contributed by atoms with Gasteiger partial charge in [0.1, 0.15) is 23.2 Å². The average molecular weight is 514 g/mol. The maximum atomic E-state index is 13.6. The number of amides is 3. The van der Waals surface area contributed by atoms with E-state index in [-0.39, 0.29) is 29.0 Å². The Morgan fingerprint density at radius 3 is 2.53 bits per heavy atom. The van der Waals surface area contributed by atoms with E-state index in [0.717, 1.165) is 25.7 Å². The summed E-state index contributed by atoms with van der Waals surface area (Å²) in [5.74, 6) is -1.06. The van der Waals surface area contributed by atoms with Crippen LogP contribution < -0.4 is 10.1 Å². The highest BCUT2D eigenvalue weighted by atomic mass is 32.2. The molecule has 2 aliphatic rings. The SMILES string of the molecule is CC[C@H](C(=O)NC1CCCC1)N(Cc1cccc(OC)c1)C(=O)CN1C(=O)c2ccccc2S1(=O)=O. The van der Waals surface area contributed by atoms with Crippen LogP contribution in [-0.4, -0.2) is 61.1 Å². The van der Waals surface area contributed by atoms with E-state index in [9.17, 15) is 22.8 Å². The summed E-state index contributed by atoms with van der Waals surface area (Å²) in [7, 11) is -2.63. The van der Waals surface area contributed by atoms with Crippen LogP contribution in [0.15, 0.2) is 53.4 Å². The number of nitrogens with one attached hydrogen (secondary N) is 1. The zero-order valence-corrected chi connectivity index (χ0v) is 21.3. The first-order chi connectivity index (χ1) is 17.3. The van der Waals surface area contributed by atoms with Crippen molar-refractivity contribution < 1.29 is 27.5 Å². The lowest BCUT2D eigenvalue weighted by Crippen LogP contribution is -2.53. The number of carbonyl (C=O) groups excluding carboxylic acids is 3. The van der Waals surface area contributed by atoms with Crippen LogP contribution in [0.3, 0.4) is 0 Å². The minimum absolute atomic E-state index is 0.0377. The molecule has 1 aliphatic carbocycles. The fourth-order valence-corrected chi connectivity index (χ4v) is 6.37. The van der Waals surface area contributed by atoms with E-state index >= 15 is 0 Å². The summed E-state index contributed by atoms with van der Waals surface area (Å²) >= 11 is 0. The molecule has 36 heavy (non-hydrogen) atoms. The Morgan fingerprint density at radius 2 is 1.86 bits per heavy atom. The van der Waals surface area contributed by atoms with E-state index < -0.39 is 34.4 Å². The predicted octanol–water partition coefficient (Wildman–Crippen LogP) is 2.71. The van der Waals surface area contributed by atoms with Gasteiger partial charge in [-0.05, 0) is 49.1 Å². The van der Waals surface area contributed by atoms with Gasteiger partial charge >= 0.3 is 0 Å². The van der Waals surface area contributed by atoms with Gasteiger partial charge in [0, 0.05) is 12.6 Å². The Kier molecular flexibility index (Phi) is 7.63. The second-order valence-electron chi connectivity index (χ2n) is 9.10. The van der Waals surface area contributed by atoms with E-state index in [1.807, 2.05) is 0 Å². The highest BCUT2D eigenvalue weighted by Crippen LogP contribution is 2.30. The molecule has 3 amide bonds. The molecule has 4 rings (SSSR count). The zero-order valence-electron chi connectivity index (χ0n) is 20.5. The molecule has 0 unspecified atom stereocenters. The van der Waals surface area contributed by atoms with E-state index in [2.05, 4.69) is 5.32 Å². The van der Waals surface area contributed by atoms with E-state index in [1.54, 1.807) is 37.3 Å². The van der Waals surface area contributed by atoms with Gasteiger partial charge in [-0.25, -0.2) is 12.7 Å². The first-order valence-electron chi connectivity index (χ1n) is 12.1. The lowest BCUT2D eigenvalue weighted by atomic mass is 10.1. The van der Waals surface area contributed by atoms with Crippen molar-refractivity contribution in [1.82, 2.24) is 14.5 Å². The number of benzene rings is 2. The molecule has 0 spiro atoms. The molecule has 1 N–H and O–H groups in total. The summed E-state index contributed by atoms with van der Waals surface area (Å²) < 4.78 is 32.0. The van der Waals surface area contributed by atoms with Crippen molar-refractivity contribution in [2.24, 2.45) is 0 Å². The third kappa shape index (κ3) is 5.09. The number of hydrogen-bond acceptors (Lipinski definition) is 6. The van der Waals surface area contributed by atoms with Crippen LogP contribution in [-0.2, 0) is 26.2 Å². The summed E-state index contributed by atoms with van der Waals surface area (Å²) in [6.07, 6.45) is 4.21. The first-order valence-corrected chi connectivity index (χ1v) is 13.6. The Balaban J connectivity index is 1.62. The number of methoxy groups -OCH3 is 1. The molecule has 2 aromatic carbocycles. The van der Waals surface area contributed by atoms with Crippen LogP contribution in [0.4, 0.5) is 0 Å². The summed E-state index contributed by atoms with van der Waals surface area (Å²) in [5.41, 5.74) is 0.754. The number of sulfonamides is 1. The minimum atomic E-state index is -4.16. The Morgan fingerprint density at radius 1 is 1.14 bits per heavy atom. The average Bonchev–Trinajstić information content (AvgIpc) is 3.45. The Labute approximate surface area is 211 Å². The molecule has 0 aromatic heterocycles. The molecular weight excluding hydrogens is 482 g/mol. The van der Waals surface area contributed by atoms with Crippen LogP contribution in [0.25, 0.3) is 0 Å². The van der Waals surface area contributed by atoms with Crippen molar-refractivity contribution in [3.63, 3.8) is 0 Å². The maximum absolute atomic E-state index is 13.6. The molecule has 10 heteroatoms. The third-order valence-electron chi connectivity index (χ3n) is 6.77. The van der Waals surface area contributed by atoms with Gasteiger partial charge in [0.05, 0.1) is 12.7 Å². The largest absolute Gasteiger partial charge is 0.497 e. The predicted molar refractivity (Wildman–Crippen MR) is 133 cm³/mol. The molecule has 1 saturated carbocycles. The van der Waals surface area contributed by atoms with Crippen molar-refractivity contribution >= 4 is 27.7 Å². The summed E-state index contributed by atoms with van der Waals surface area (Å²) in [4.78, 5) is 41.1. The fourth-order valence-electron chi connectivity index (χ4n) is 4.86. The summed E-state index contributed by atoms with van der Waals surface area (Å²) in [6, 6.07) is 12.2. The normalized spacial score (nSPS) is 17.5. The van der Waals surface area contributed by atoms with Crippen LogP contribution in [0.5, 0.6) is 5.75 Å². The van der Waals surface area contributed by atoms with Crippen molar-refractivity contribution in [2.75, 3.05) is 13.7 Å². The second kappa shape index (κ2) is 10.7. The molecule has 0 radical (unpaired) electrons. The molecule has 1 atom stereocenters. The lowest BCUT2D eigenvalue weighted by Gasteiger charge is -2.32. The molecule has 192 valence electrons. The standard InChI is InChI=1S/C26H31N3O6S/c1-3-22(25(31)27-19-10-4-5-11-19)28(16-18-9-8-12-20(15-18)35-2)24(30)17-29-26(32)21-13-6-7-14-23(21)36(29,33)34/h6-9,12-15,19,22H,3-5,10-11,16-17H2,1-2H3,(H,27,31)/t22-/m1/s1. The molecule has 1 aliphatic heterocycles. The number of ether oxygens (including phenoxy) is 1. The lowest BCUT2D eigenvalue weighted by molar-refractivity contribution is -0.141. The quantitative estimate of drug-likeness (QED) is 0.552. The van der Waals surface area contributed by atoms with Gasteiger partial charge in [-0.2, -0.15) is 0 Å². The fraction of sp³-hybridized carbons (Fsp3) is 0.423. The van der Waals surface area contributed by atoms with Crippen molar-refractivity contribution in [3.8, 4) is 5.75 Å². The van der Waals surface area contributed by atoms with Crippen molar-refractivity contribution in [1.29, 1.82) is 0 Å². The topological polar surface area (TPSA) is 113 Å². The summed E-state index contributed by atoms with van der Waals surface area (Å²) in [6.45, 7) is 1.17. The molecule has 9 nitrogen and oxygen atoms in total. The number of nitrogens with zero attached hydrogens (tertiary/aromatic N) is 2. The zero-order chi connectivity index (χ0) is 25.9. The van der Waals surface area contributed by atoms with Gasteiger partial charge < -0.3 is 15.0 Å². The molecule has 0 bridgehead atoms. The van der Waals surface area contributed by atoms with Gasteiger partial charge in [0.15, 0.2) is 0 Å². The summed E-state index contributed by atoms with van der Waals surface area (Å²) in [5, 5.41) is 3.05. The third-order valence-corrected chi connectivity index (χ3v) is 8.55. The van der Waals surface area contributed by atoms with Crippen molar-refractivity contribution in [2.45, 2.75) is 62.6 Å². The second-order valence-corrected chi connectivity index (χ2v) is 10.9. The van der Waals surface area contributed by atoms with E-state index in [4.69, 9.17) is 4.74 Å². The number of carbonyl (C=O) groups is 3. The number of fused-ring (bicyclic) bond motifs is 1. The van der Waals surface area contributed by atoms with Gasteiger partial charge in [0.25, 0.3) is 15.9 Å². The number of hydrogen-bond donors (Lipinski definition) is 1. The van der Waals surface area contributed by atoms with Crippen LogP contribution in [0, 0.1) is 0 Å². The highest BCUT2D eigenvalue weighted by molar-refractivity contribution is 7.90. The van der Waals surface area contributed by atoms with E-state index in [1.165, 1.54) is 30.2 Å². The van der Waals surface area contributed by atoms with Crippen LogP contribution in [0.2, 0.25) is 0 Å². The Hall–Kier alpha value is -3.40. The molecular formula is C26H31N3O6S. The smallest absolute Gasteiger partial charge is 0.269 e. The van der Waals surface area contributed by atoms with Crippen LogP contribution in [0.1, 0.15) is 54.9 Å². The van der Waals surface area contributed by atoms with Gasteiger partial charge in [0.2, 0.25) is 11.8 Å². The van der Waals surface area contributed by atoms with Gasteiger partial charge in [-0.3, -0.25) is 14.4 Å².